The first-order valence-electron chi connectivity index (χ1n) is 7.45. The molecule has 1 aromatic rings. The van der Waals surface area contributed by atoms with Crippen molar-refractivity contribution in [3.63, 3.8) is 0 Å². The summed E-state index contributed by atoms with van der Waals surface area (Å²) in [6.07, 6.45) is 12.6. The molecule has 1 fully saturated rings. The first kappa shape index (κ1) is 12.4. The van der Waals surface area contributed by atoms with Crippen LogP contribution in [0.2, 0.25) is 0 Å². The average molecular weight is 259 g/mol. The minimum atomic E-state index is -1.01. The molecule has 1 aromatic carbocycles. The molecule has 1 unspecified atom stereocenters. The summed E-state index contributed by atoms with van der Waals surface area (Å²) in [5, 5.41) is 1.68. The molecule has 0 N–H and O–H groups in total. The number of hydrogen-bond donors (Lipinski definition) is 0. The van der Waals surface area contributed by atoms with Crippen molar-refractivity contribution in [3.8, 4) is 0 Å². The lowest BCUT2D eigenvalue weighted by Gasteiger charge is -2.28. The monoisotopic (exact) mass is 259 g/mol. The molecule has 18 heavy (non-hydrogen) atoms. The van der Waals surface area contributed by atoms with Crippen LogP contribution in [0.1, 0.15) is 50.5 Å². The Kier molecular flexibility index (Phi) is 3.57. The van der Waals surface area contributed by atoms with E-state index in [0.717, 1.165) is 5.66 Å². The summed E-state index contributed by atoms with van der Waals surface area (Å²) in [6, 6.07) is 9.09. The number of fused-ring (bicyclic) bond motifs is 1. The van der Waals surface area contributed by atoms with Crippen LogP contribution >= 0.6 is 7.26 Å². The minimum absolute atomic E-state index is 0.956. The molecule has 1 heterocycles. The maximum atomic E-state index is 2.59. The highest BCUT2D eigenvalue weighted by Crippen LogP contribution is 2.66. The highest BCUT2D eigenvalue weighted by atomic mass is 31.2. The zero-order valence-corrected chi connectivity index (χ0v) is 12.3. The Morgan fingerprint density at radius 1 is 0.944 bits per heavy atom. The van der Waals surface area contributed by atoms with Crippen LogP contribution in [0.3, 0.4) is 0 Å². The van der Waals surface area contributed by atoms with E-state index in [2.05, 4.69) is 42.8 Å². The molecule has 2 aliphatic rings. The molecule has 1 atom stereocenters. The molecule has 0 aromatic heterocycles. The molecule has 0 spiro atoms. The largest absolute Gasteiger partial charge is 0.106 e. The van der Waals surface area contributed by atoms with E-state index in [1.807, 2.05) is 0 Å². The van der Waals surface area contributed by atoms with Crippen LogP contribution in [-0.2, 0) is 0 Å². The fraction of sp³-hybridized carbons (Fsp3) is 0.529. The van der Waals surface area contributed by atoms with Crippen LogP contribution in [0.4, 0.5) is 0 Å². The van der Waals surface area contributed by atoms with E-state index in [4.69, 9.17) is 0 Å². The zero-order valence-electron chi connectivity index (χ0n) is 11.4. The van der Waals surface area contributed by atoms with Crippen molar-refractivity contribution in [1.29, 1.82) is 0 Å². The summed E-state index contributed by atoms with van der Waals surface area (Å²) in [5.41, 5.74) is 2.45. The van der Waals surface area contributed by atoms with Crippen molar-refractivity contribution < 1.29 is 0 Å². The number of benzene rings is 1. The Morgan fingerprint density at radius 2 is 1.61 bits per heavy atom. The average Bonchev–Trinajstić information content (AvgIpc) is 2.68. The fourth-order valence-electron chi connectivity index (χ4n) is 3.67. The second kappa shape index (κ2) is 5.17. The summed E-state index contributed by atoms with van der Waals surface area (Å²) >= 11 is 0. The molecular formula is C17H24P+. The summed E-state index contributed by atoms with van der Waals surface area (Å²) in [4.78, 5) is 0. The lowest BCUT2D eigenvalue weighted by molar-refractivity contribution is 0.509. The zero-order chi connectivity index (χ0) is 12.4. The van der Waals surface area contributed by atoms with Crippen molar-refractivity contribution in [2.24, 2.45) is 0 Å². The highest BCUT2D eigenvalue weighted by Gasteiger charge is 2.44. The third-order valence-corrected chi connectivity index (χ3v) is 9.10. The van der Waals surface area contributed by atoms with E-state index < -0.39 is 7.26 Å². The highest BCUT2D eigenvalue weighted by molar-refractivity contribution is 7.86. The van der Waals surface area contributed by atoms with Gasteiger partial charge in [-0.15, -0.1) is 0 Å². The summed E-state index contributed by atoms with van der Waals surface area (Å²) in [5.74, 6) is 2.59. The van der Waals surface area contributed by atoms with Crippen molar-refractivity contribution in [3.05, 3.63) is 35.6 Å². The van der Waals surface area contributed by atoms with Gasteiger partial charge in [-0.2, -0.15) is 0 Å². The Hall–Kier alpha value is -0.610. The van der Waals surface area contributed by atoms with Crippen molar-refractivity contribution in [2.45, 2.75) is 50.6 Å². The van der Waals surface area contributed by atoms with E-state index in [9.17, 15) is 0 Å². The molecule has 1 aliphatic heterocycles. The maximum absolute atomic E-state index is 2.59. The van der Waals surface area contributed by atoms with Crippen LogP contribution in [0, 0.1) is 0 Å². The Balaban J connectivity index is 1.88. The van der Waals surface area contributed by atoms with E-state index in [-0.39, 0.29) is 0 Å². The van der Waals surface area contributed by atoms with Gasteiger partial charge in [0.1, 0.15) is 5.30 Å². The molecule has 0 nitrogen and oxygen atoms in total. The van der Waals surface area contributed by atoms with Gasteiger partial charge in [-0.3, -0.25) is 0 Å². The summed E-state index contributed by atoms with van der Waals surface area (Å²) < 4.78 is 0. The molecule has 0 bridgehead atoms. The van der Waals surface area contributed by atoms with Crippen molar-refractivity contribution >= 4 is 18.6 Å². The van der Waals surface area contributed by atoms with E-state index in [1.54, 1.807) is 5.30 Å². The third kappa shape index (κ3) is 2.16. The summed E-state index contributed by atoms with van der Waals surface area (Å²) in [7, 11) is -1.01. The topological polar surface area (TPSA) is 0 Å². The van der Waals surface area contributed by atoms with Gasteiger partial charge in [0.2, 0.25) is 0 Å². The minimum Gasteiger partial charge on any atom is -0.0614 e. The van der Waals surface area contributed by atoms with Gasteiger partial charge in [0.25, 0.3) is 0 Å². The van der Waals surface area contributed by atoms with Gasteiger partial charge < -0.3 is 0 Å². The lowest BCUT2D eigenvalue weighted by Crippen LogP contribution is -2.21. The van der Waals surface area contributed by atoms with Gasteiger partial charge in [0.15, 0.2) is 0 Å². The molecule has 1 saturated carbocycles. The second-order valence-corrected chi connectivity index (χ2v) is 9.83. The van der Waals surface area contributed by atoms with Gasteiger partial charge in [-0.25, -0.2) is 0 Å². The number of rotatable bonds is 1. The van der Waals surface area contributed by atoms with E-state index in [0.29, 0.717) is 0 Å². The first-order chi connectivity index (χ1) is 8.81. The van der Waals surface area contributed by atoms with Crippen LogP contribution in [-0.4, -0.2) is 12.3 Å². The lowest BCUT2D eigenvalue weighted by atomic mass is 10.0. The Morgan fingerprint density at radius 3 is 2.39 bits per heavy atom. The third-order valence-electron chi connectivity index (χ3n) is 4.85. The van der Waals surface area contributed by atoms with Gasteiger partial charge in [-0.05, 0) is 37.8 Å². The molecular weight excluding hydrogens is 235 g/mol. The van der Waals surface area contributed by atoms with Crippen LogP contribution in [0.25, 0.3) is 6.08 Å². The van der Waals surface area contributed by atoms with Gasteiger partial charge in [-0.1, -0.05) is 37.5 Å². The second-order valence-electron chi connectivity index (χ2n) is 6.02. The predicted molar refractivity (Wildman–Crippen MR) is 84.1 cm³/mol. The molecule has 0 saturated heterocycles. The molecule has 1 heteroatoms. The molecule has 0 radical (unpaired) electrons. The quantitative estimate of drug-likeness (QED) is 0.619. The molecule has 1 aliphatic carbocycles. The normalized spacial score (nSPS) is 28.7. The van der Waals surface area contributed by atoms with Crippen LogP contribution in [0.5, 0.6) is 0 Å². The van der Waals surface area contributed by atoms with E-state index in [1.165, 1.54) is 50.5 Å². The molecule has 3 rings (SSSR count). The Bertz CT molecular complexity index is 441. The predicted octanol–water partition coefficient (Wildman–Crippen LogP) is 5.06. The van der Waals surface area contributed by atoms with Gasteiger partial charge in [0, 0.05) is 5.56 Å². The van der Waals surface area contributed by atoms with Crippen molar-refractivity contribution in [2.75, 3.05) is 6.66 Å². The maximum Gasteiger partial charge on any atom is 0.106 e. The van der Waals surface area contributed by atoms with Crippen LogP contribution < -0.4 is 5.30 Å². The van der Waals surface area contributed by atoms with Gasteiger partial charge in [0.05, 0.1) is 25.4 Å². The van der Waals surface area contributed by atoms with Crippen LogP contribution in [0.15, 0.2) is 30.1 Å². The fourth-order valence-corrected chi connectivity index (χ4v) is 7.49. The molecule has 96 valence electrons. The first-order valence-corrected chi connectivity index (χ1v) is 9.83. The SMILES string of the molecule is C[P+]1(C2CCCCCCC2)C=Cc2ccccc21. The standard InChI is InChI=1S/C17H24P/c1-18(16-10-5-3-2-4-6-11-16)14-13-15-9-7-8-12-17(15)18/h7-9,12-14,16H,2-6,10-11H2,1H3/q+1. The smallest absolute Gasteiger partial charge is 0.0614 e. The Labute approximate surface area is 112 Å². The number of hydrogen-bond acceptors (Lipinski definition) is 0. The van der Waals surface area contributed by atoms with E-state index >= 15 is 0 Å². The van der Waals surface area contributed by atoms with Gasteiger partial charge >= 0.3 is 0 Å². The van der Waals surface area contributed by atoms with Crippen molar-refractivity contribution in [1.82, 2.24) is 0 Å². The molecule has 0 amide bonds. The summed E-state index contributed by atoms with van der Waals surface area (Å²) in [6.45, 7) is 2.57.